The van der Waals surface area contributed by atoms with E-state index in [4.69, 9.17) is 23.2 Å². The Morgan fingerprint density at radius 1 is 1.21 bits per heavy atom. The van der Waals surface area contributed by atoms with Gasteiger partial charge in [-0.3, -0.25) is 4.79 Å². The number of hydrogen-bond acceptors (Lipinski definition) is 3. The zero-order valence-corrected chi connectivity index (χ0v) is 15.6. The highest BCUT2D eigenvalue weighted by Gasteiger charge is 2.16. The molecule has 0 spiro atoms. The van der Waals surface area contributed by atoms with Gasteiger partial charge >= 0.3 is 0 Å². The minimum absolute atomic E-state index is 0.0188. The number of carbonyl (C=O) groups is 1. The molecule has 0 aromatic heterocycles. The molecule has 2 aromatic carbocycles. The summed E-state index contributed by atoms with van der Waals surface area (Å²) in [6.45, 7) is 4.22. The summed E-state index contributed by atoms with van der Waals surface area (Å²) < 4.78 is 0. The lowest BCUT2D eigenvalue weighted by atomic mass is 10.1. The third kappa shape index (κ3) is 4.25. The molecule has 126 valence electrons. The molecule has 1 atom stereocenters. The fraction of sp³-hybridized carbons (Fsp3) is 0.278. The summed E-state index contributed by atoms with van der Waals surface area (Å²) in [6.07, 6.45) is 0. The van der Waals surface area contributed by atoms with Crippen molar-refractivity contribution in [2.24, 2.45) is 0 Å². The molecule has 0 saturated carbocycles. The number of hydrogen-bond donors (Lipinski definition) is 2. The van der Waals surface area contributed by atoms with E-state index in [0.29, 0.717) is 16.6 Å². The van der Waals surface area contributed by atoms with Crippen LogP contribution in [0.3, 0.4) is 0 Å². The van der Waals surface area contributed by atoms with Crippen molar-refractivity contribution < 1.29 is 4.79 Å². The molecule has 0 saturated heterocycles. The number of halogens is 2. The molecule has 0 bridgehead atoms. The normalized spacial score (nSPS) is 14.3. The van der Waals surface area contributed by atoms with E-state index >= 15 is 0 Å². The maximum absolute atomic E-state index is 12.3. The van der Waals surface area contributed by atoms with Gasteiger partial charge in [-0.25, -0.2) is 0 Å². The topological polar surface area (TPSA) is 41.1 Å². The third-order valence-corrected chi connectivity index (χ3v) is 5.77. The molecule has 3 nitrogen and oxygen atoms in total. The molecule has 6 heteroatoms. The molecule has 0 aliphatic carbocycles. The van der Waals surface area contributed by atoms with Crippen LogP contribution in [-0.4, -0.2) is 11.2 Å². The number of rotatable bonds is 5. The van der Waals surface area contributed by atoms with Crippen molar-refractivity contribution >= 4 is 40.9 Å². The lowest BCUT2D eigenvalue weighted by Crippen LogP contribution is -2.30. The van der Waals surface area contributed by atoms with E-state index < -0.39 is 0 Å². The second-order valence-corrected chi connectivity index (χ2v) is 7.99. The highest BCUT2D eigenvalue weighted by atomic mass is 35.5. The molecule has 0 radical (unpaired) electrons. The van der Waals surface area contributed by atoms with Crippen molar-refractivity contribution in [2.75, 3.05) is 0 Å². The van der Waals surface area contributed by atoms with Gasteiger partial charge in [0.2, 0.25) is 5.91 Å². The Labute approximate surface area is 156 Å². The van der Waals surface area contributed by atoms with Crippen LogP contribution in [0, 0.1) is 0 Å². The van der Waals surface area contributed by atoms with Crippen LogP contribution in [0.2, 0.25) is 10.0 Å². The average Bonchev–Trinajstić information content (AvgIpc) is 3.03. The van der Waals surface area contributed by atoms with E-state index in [-0.39, 0.29) is 11.2 Å². The summed E-state index contributed by atoms with van der Waals surface area (Å²) in [4.78, 5) is 13.1. The van der Waals surface area contributed by atoms with Crippen molar-refractivity contribution in [3.05, 3.63) is 63.1 Å². The molecule has 1 aliphatic heterocycles. The summed E-state index contributed by atoms with van der Waals surface area (Å²) in [6, 6.07) is 11.6. The van der Waals surface area contributed by atoms with E-state index in [1.165, 1.54) is 22.9 Å². The Morgan fingerprint density at radius 3 is 2.83 bits per heavy atom. The molecular weight excluding hydrogens is 363 g/mol. The lowest BCUT2D eigenvalue weighted by Gasteiger charge is -2.13. The van der Waals surface area contributed by atoms with Crippen molar-refractivity contribution in [3.63, 3.8) is 0 Å². The molecule has 2 N–H and O–H groups in total. The largest absolute Gasteiger partial charge is 0.351 e. The number of carbonyl (C=O) groups excluding carboxylic acids is 1. The van der Waals surface area contributed by atoms with Gasteiger partial charge < -0.3 is 10.6 Å². The van der Waals surface area contributed by atoms with E-state index in [2.05, 4.69) is 28.8 Å². The average molecular weight is 381 g/mol. The smallest absolute Gasteiger partial charge is 0.233 e. The zero-order chi connectivity index (χ0) is 17.1. The van der Waals surface area contributed by atoms with Crippen molar-refractivity contribution in [1.82, 2.24) is 10.6 Å². The van der Waals surface area contributed by atoms with Crippen molar-refractivity contribution in [1.29, 1.82) is 0 Å². The van der Waals surface area contributed by atoms with E-state index in [1.807, 2.05) is 6.92 Å². The summed E-state index contributed by atoms with van der Waals surface area (Å²) in [7, 11) is 0. The SMILES string of the molecule is CC(Sc1cc(Cl)ccc1Cl)C(=O)NCc1ccc2c(c1)CNC2. The van der Waals surface area contributed by atoms with Crippen molar-refractivity contribution in [3.8, 4) is 0 Å². The second-order valence-electron chi connectivity index (χ2n) is 5.76. The van der Waals surface area contributed by atoms with Gasteiger partial charge in [-0.05, 0) is 41.8 Å². The van der Waals surface area contributed by atoms with Crippen molar-refractivity contribution in [2.45, 2.75) is 36.7 Å². The maximum atomic E-state index is 12.3. The van der Waals surface area contributed by atoms with Crippen LogP contribution in [-0.2, 0) is 24.4 Å². The monoisotopic (exact) mass is 380 g/mol. The van der Waals surface area contributed by atoms with Crippen LogP contribution in [0.15, 0.2) is 41.3 Å². The van der Waals surface area contributed by atoms with Gasteiger partial charge in [0.15, 0.2) is 0 Å². The fourth-order valence-corrected chi connectivity index (χ4v) is 4.04. The number of thioether (sulfide) groups is 1. The van der Waals surface area contributed by atoms with Gasteiger partial charge in [-0.15, -0.1) is 11.8 Å². The van der Waals surface area contributed by atoms with Gasteiger partial charge in [0.1, 0.15) is 0 Å². The Kier molecular flexibility index (Phi) is 5.72. The molecule has 24 heavy (non-hydrogen) atoms. The van der Waals surface area contributed by atoms with Crippen LogP contribution in [0.25, 0.3) is 0 Å². The maximum Gasteiger partial charge on any atom is 0.233 e. The standard InChI is InChI=1S/C18H18Cl2N2OS/c1-11(24-17-7-15(19)4-5-16(17)20)18(23)22-8-12-2-3-13-9-21-10-14(13)6-12/h2-7,11,21H,8-10H2,1H3,(H,22,23). The van der Waals surface area contributed by atoms with Gasteiger partial charge in [-0.1, -0.05) is 41.4 Å². The van der Waals surface area contributed by atoms with Gasteiger partial charge in [0.05, 0.1) is 10.3 Å². The first-order chi connectivity index (χ1) is 11.5. The van der Waals surface area contributed by atoms with Crippen LogP contribution in [0.4, 0.5) is 0 Å². The van der Waals surface area contributed by atoms with E-state index in [1.54, 1.807) is 18.2 Å². The predicted molar refractivity (Wildman–Crippen MR) is 101 cm³/mol. The molecule has 3 rings (SSSR count). The molecular formula is C18H18Cl2N2OS. The first-order valence-corrected chi connectivity index (χ1v) is 9.37. The minimum atomic E-state index is -0.253. The summed E-state index contributed by atoms with van der Waals surface area (Å²) in [5.41, 5.74) is 3.77. The summed E-state index contributed by atoms with van der Waals surface area (Å²) in [5.74, 6) is -0.0188. The molecule has 1 unspecified atom stereocenters. The molecule has 1 aliphatic rings. The Balaban J connectivity index is 1.57. The number of amides is 1. The van der Waals surface area contributed by atoms with Crippen LogP contribution >= 0.6 is 35.0 Å². The Hall–Kier alpha value is -1.20. The fourth-order valence-electron chi connectivity index (χ4n) is 2.60. The number of benzene rings is 2. The third-order valence-electron chi connectivity index (χ3n) is 3.93. The lowest BCUT2D eigenvalue weighted by molar-refractivity contribution is -0.120. The summed E-state index contributed by atoms with van der Waals surface area (Å²) in [5, 5.41) is 7.28. The number of nitrogens with one attached hydrogen (secondary N) is 2. The molecule has 0 fully saturated rings. The molecule has 2 aromatic rings. The van der Waals surface area contributed by atoms with Crippen LogP contribution in [0.1, 0.15) is 23.6 Å². The second kappa shape index (κ2) is 7.79. The van der Waals surface area contributed by atoms with E-state index in [0.717, 1.165) is 23.5 Å². The minimum Gasteiger partial charge on any atom is -0.351 e. The summed E-state index contributed by atoms with van der Waals surface area (Å²) >= 11 is 13.6. The van der Waals surface area contributed by atoms with Crippen LogP contribution < -0.4 is 10.6 Å². The molecule has 1 amide bonds. The Morgan fingerprint density at radius 2 is 2.00 bits per heavy atom. The van der Waals surface area contributed by atoms with Crippen LogP contribution in [0.5, 0.6) is 0 Å². The van der Waals surface area contributed by atoms with Gasteiger partial charge in [-0.2, -0.15) is 0 Å². The zero-order valence-electron chi connectivity index (χ0n) is 13.2. The Bertz CT molecular complexity index is 767. The first kappa shape index (κ1) is 17.6. The van der Waals surface area contributed by atoms with E-state index in [9.17, 15) is 4.79 Å². The first-order valence-electron chi connectivity index (χ1n) is 7.74. The predicted octanol–water partition coefficient (Wildman–Crippen LogP) is 4.39. The van der Waals surface area contributed by atoms with Gasteiger partial charge in [0, 0.05) is 29.6 Å². The molecule has 1 heterocycles. The number of fused-ring (bicyclic) bond motifs is 1. The quantitative estimate of drug-likeness (QED) is 0.755. The van der Waals surface area contributed by atoms with Gasteiger partial charge in [0.25, 0.3) is 0 Å². The highest BCUT2D eigenvalue weighted by molar-refractivity contribution is 8.00. The highest BCUT2D eigenvalue weighted by Crippen LogP contribution is 2.32.